The Morgan fingerprint density at radius 1 is 1.25 bits per heavy atom. The number of halogens is 1. The van der Waals surface area contributed by atoms with E-state index in [9.17, 15) is 9.50 Å². The fraction of sp³-hybridized carbons (Fsp3) is 0.133. The molecule has 3 aromatic rings. The van der Waals surface area contributed by atoms with E-state index in [2.05, 4.69) is 15.5 Å². The number of phenolic OH excluding ortho intramolecular Hbond substituents is 1. The second-order valence-corrected chi connectivity index (χ2v) is 4.74. The smallest absolute Gasteiger partial charge is 0.132 e. The molecule has 1 aromatic heterocycles. The number of hydrogen-bond donors (Lipinski definition) is 3. The van der Waals surface area contributed by atoms with Crippen LogP contribution >= 0.6 is 0 Å². The highest BCUT2D eigenvalue weighted by Gasteiger charge is 2.11. The number of aromatic hydroxyl groups is 1. The largest absolute Gasteiger partial charge is 0.508 e. The summed E-state index contributed by atoms with van der Waals surface area (Å²) >= 11 is 0. The van der Waals surface area contributed by atoms with Gasteiger partial charge < -0.3 is 10.4 Å². The predicted octanol–water partition coefficient (Wildman–Crippen LogP) is 3.58. The number of nitrogens with zero attached hydrogens (tertiary/aromatic N) is 1. The SMILES string of the molecule is CC(Nc1ccc2cn[nH]c2c1)c1ccc(O)cc1F. The van der Waals surface area contributed by atoms with Crippen molar-refractivity contribution >= 4 is 16.6 Å². The molecule has 0 radical (unpaired) electrons. The number of hydrogen-bond acceptors (Lipinski definition) is 3. The molecule has 1 unspecified atom stereocenters. The Balaban J connectivity index is 1.85. The third-order valence-corrected chi connectivity index (χ3v) is 3.28. The van der Waals surface area contributed by atoms with E-state index < -0.39 is 5.82 Å². The molecule has 102 valence electrons. The maximum absolute atomic E-state index is 13.8. The summed E-state index contributed by atoms with van der Waals surface area (Å²) in [6.07, 6.45) is 1.75. The topological polar surface area (TPSA) is 60.9 Å². The van der Waals surface area contributed by atoms with Crippen molar-refractivity contribution < 1.29 is 9.50 Å². The Hall–Kier alpha value is -2.56. The van der Waals surface area contributed by atoms with E-state index in [0.717, 1.165) is 22.7 Å². The van der Waals surface area contributed by atoms with Gasteiger partial charge in [0.05, 0.1) is 17.8 Å². The van der Waals surface area contributed by atoms with Gasteiger partial charge in [0.2, 0.25) is 0 Å². The lowest BCUT2D eigenvalue weighted by atomic mass is 10.1. The molecule has 4 nitrogen and oxygen atoms in total. The van der Waals surface area contributed by atoms with Crippen LogP contribution in [-0.4, -0.2) is 15.3 Å². The van der Waals surface area contributed by atoms with Crippen LogP contribution in [0, 0.1) is 5.82 Å². The van der Waals surface area contributed by atoms with E-state index in [1.807, 2.05) is 25.1 Å². The van der Waals surface area contributed by atoms with E-state index in [1.54, 1.807) is 12.3 Å². The lowest BCUT2D eigenvalue weighted by molar-refractivity contribution is 0.467. The maximum atomic E-state index is 13.8. The molecule has 3 rings (SSSR count). The molecule has 0 spiro atoms. The van der Waals surface area contributed by atoms with Gasteiger partial charge in [0.1, 0.15) is 11.6 Å². The predicted molar refractivity (Wildman–Crippen MR) is 76.2 cm³/mol. The van der Waals surface area contributed by atoms with Crippen molar-refractivity contribution in [2.75, 3.05) is 5.32 Å². The number of H-pyrrole nitrogens is 1. The molecular weight excluding hydrogens is 257 g/mol. The molecule has 0 fully saturated rings. The first-order valence-corrected chi connectivity index (χ1v) is 6.31. The maximum Gasteiger partial charge on any atom is 0.132 e. The number of aromatic nitrogens is 2. The molecule has 1 atom stereocenters. The zero-order valence-electron chi connectivity index (χ0n) is 10.9. The molecule has 1 heterocycles. The van der Waals surface area contributed by atoms with Crippen molar-refractivity contribution in [2.45, 2.75) is 13.0 Å². The van der Waals surface area contributed by atoms with Gasteiger partial charge in [-0.15, -0.1) is 0 Å². The van der Waals surface area contributed by atoms with Crippen LogP contribution in [0.4, 0.5) is 10.1 Å². The van der Waals surface area contributed by atoms with Crippen LogP contribution in [0.2, 0.25) is 0 Å². The molecule has 0 bridgehead atoms. The molecule has 0 aliphatic heterocycles. The quantitative estimate of drug-likeness (QED) is 0.682. The first-order chi connectivity index (χ1) is 9.63. The van der Waals surface area contributed by atoms with Gasteiger partial charge in [0, 0.05) is 22.7 Å². The third-order valence-electron chi connectivity index (χ3n) is 3.28. The van der Waals surface area contributed by atoms with Crippen LogP contribution < -0.4 is 5.32 Å². The van der Waals surface area contributed by atoms with Gasteiger partial charge >= 0.3 is 0 Å². The van der Waals surface area contributed by atoms with Gasteiger partial charge in [0.25, 0.3) is 0 Å². The Bertz CT molecular complexity index is 754. The number of phenols is 1. The highest BCUT2D eigenvalue weighted by atomic mass is 19.1. The summed E-state index contributed by atoms with van der Waals surface area (Å²) in [7, 11) is 0. The molecular formula is C15H14FN3O. The first kappa shape index (κ1) is 12.5. The Morgan fingerprint density at radius 3 is 2.90 bits per heavy atom. The summed E-state index contributed by atoms with van der Waals surface area (Å²) in [5.41, 5.74) is 2.31. The molecule has 0 saturated heterocycles. The van der Waals surface area contributed by atoms with Crippen LogP contribution in [0.1, 0.15) is 18.5 Å². The average Bonchev–Trinajstić information content (AvgIpc) is 2.85. The molecule has 0 amide bonds. The minimum Gasteiger partial charge on any atom is -0.508 e. The number of fused-ring (bicyclic) bond motifs is 1. The van der Waals surface area contributed by atoms with Crippen molar-refractivity contribution in [3.8, 4) is 5.75 Å². The summed E-state index contributed by atoms with van der Waals surface area (Å²) in [5.74, 6) is -0.495. The van der Waals surface area contributed by atoms with E-state index in [-0.39, 0.29) is 11.8 Å². The van der Waals surface area contributed by atoms with E-state index in [1.165, 1.54) is 6.07 Å². The van der Waals surface area contributed by atoms with Crippen LogP contribution in [0.3, 0.4) is 0 Å². The van der Waals surface area contributed by atoms with Crippen molar-refractivity contribution in [1.29, 1.82) is 0 Å². The highest BCUT2D eigenvalue weighted by Crippen LogP contribution is 2.25. The number of aromatic amines is 1. The zero-order valence-corrected chi connectivity index (χ0v) is 10.9. The van der Waals surface area contributed by atoms with Crippen LogP contribution in [0.25, 0.3) is 10.9 Å². The molecule has 2 aromatic carbocycles. The average molecular weight is 271 g/mol. The highest BCUT2D eigenvalue weighted by molar-refractivity contribution is 5.81. The van der Waals surface area contributed by atoms with Crippen molar-refractivity contribution in [1.82, 2.24) is 10.2 Å². The minimum atomic E-state index is -0.424. The van der Waals surface area contributed by atoms with Gasteiger partial charge in [-0.3, -0.25) is 5.10 Å². The second-order valence-electron chi connectivity index (χ2n) is 4.74. The molecule has 0 saturated carbocycles. The van der Waals surface area contributed by atoms with Gasteiger partial charge in [0.15, 0.2) is 0 Å². The number of nitrogens with one attached hydrogen (secondary N) is 2. The van der Waals surface area contributed by atoms with E-state index in [4.69, 9.17) is 0 Å². The summed E-state index contributed by atoms with van der Waals surface area (Å²) in [6.45, 7) is 1.87. The second kappa shape index (κ2) is 4.85. The summed E-state index contributed by atoms with van der Waals surface area (Å²) < 4.78 is 13.8. The first-order valence-electron chi connectivity index (χ1n) is 6.31. The van der Waals surface area contributed by atoms with E-state index >= 15 is 0 Å². The van der Waals surface area contributed by atoms with Crippen molar-refractivity contribution in [2.24, 2.45) is 0 Å². The standard InChI is InChI=1S/C15H14FN3O/c1-9(13-5-4-12(20)7-14(13)16)18-11-3-2-10-8-17-19-15(10)6-11/h2-9,18,20H,1H3,(H,17,19). The Labute approximate surface area is 115 Å². The van der Waals surface area contributed by atoms with Crippen molar-refractivity contribution in [3.05, 3.63) is 54.0 Å². The number of benzene rings is 2. The van der Waals surface area contributed by atoms with Gasteiger partial charge in [-0.2, -0.15) is 5.10 Å². The lowest BCUT2D eigenvalue weighted by Crippen LogP contribution is -2.08. The lowest BCUT2D eigenvalue weighted by Gasteiger charge is -2.16. The summed E-state index contributed by atoms with van der Waals surface area (Å²) in [5, 5.41) is 20.3. The van der Waals surface area contributed by atoms with Crippen molar-refractivity contribution in [3.63, 3.8) is 0 Å². The monoisotopic (exact) mass is 271 g/mol. The number of anilines is 1. The summed E-state index contributed by atoms with van der Waals surface area (Å²) in [6, 6.07) is 9.76. The third kappa shape index (κ3) is 2.30. The summed E-state index contributed by atoms with van der Waals surface area (Å²) in [4.78, 5) is 0. The number of rotatable bonds is 3. The van der Waals surface area contributed by atoms with Crippen LogP contribution in [0.5, 0.6) is 5.75 Å². The molecule has 0 aliphatic carbocycles. The fourth-order valence-electron chi connectivity index (χ4n) is 2.22. The van der Waals surface area contributed by atoms with Gasteiger partial charge in [-0.05, 0) is 31.2 Å². The molecule has 20 heavy (non-hydrogen) atoms. The van der Waals surface area contributed by atoms with Crippen LogP contribution in [0.15, 0.2) is 42.6 Å². The van der Waals surface area contributed by atoms with Gasteiger partial charge in [-0.1, -0.05) is 6.07 Å². The zero-order chi connectivity index (χ0) is 14.1. The Kier molecular flexibility index (Phi) is 3.02. The molecule has 3 N–H and O–H groups in total. The molecule has 5 heteroatoms. The van der Waals surface area contributed by atoms with Gasteiger partial charge in [-0.25, -0.2) is 4.39 Å². The van der Waals surface area contributed by atoms with Crippen LogP contribution in [-0.2, 0) is 0 Å². The fourth-order valence-corrected chi connectivity index (χ4v) is 2.22. The minimum absolute atomic E-state index is 0.0719. The molecule has 0 aliphatic rings. The Morgan fingerprint density at radius 2 is 2.10 bits per heavy atom. The van der Waals surface area contributed by atoms with E-state index in [0.29, 0.717) is 5.56 Å². The normalized spacial score (nSPS) is 12.5.